The summed E-state index contributed by atoms with van der Waals surface area (Å²) in [6.45, 7) is 4.88. The Morgan fingerprint density at radius 1 is 1.00 bits per heavy atom. The van der Waals surface area contributed by atoms with Crippen LogP contribution in [0.5, 0.6) is 0 Å². The maximum absolute atomic E-state index is 11.3. The van der Waals surface area contributed by atoms with E-state index >= 15 is 0 Å². The molecule has 0 saturated carbocycles. The number of hydrogen-bond donors (Lipinski definition) is 1. The zero-order valence-electron chi connectivity index (χ0n) is 12.1. The van der Waals surface area contributed by atoms with E-state index in [4.69, 9.17) is 0 Å². The van der Waals surface area contributed by atoms with Crippen molar-refractivity contribution in [1.82, 2.24) is 15.1 Å². The second kappa shape index (κ2) is 6.08. The van der Waals surface area contributed by atoms with Crippen LogP contribution < -0.4 is 5.32 Å². The van der Waals surface area contributed by atoms with E-state index in [1.807, 2.05) is 13.8 Å². The molecule has 0 aliphatic carbocycles. The Kier molecular flexibility index (Phi) is 4.41. The smallest absolute Gasteiger partial charge is 0.298 e. The molecule has 2 aliphatic heterocycles. The van der Waals surface area contributed by atoms with Crippen LogP contribution in [0.3, 0.4) is 0 Å². The Labute approximate surface area is 122 Å². The average molecular weight is 297 g/mol. The Bertz CT molecular complexity index is 460. The average Bonchev–Trinajstić information content (AvgIpc) is 2.43. The van der Waals surface area contributed by atoms with Gasteiger partial charge in [0.1, 0.15) is 0 Å². The third-order valence-electron chi connectivity index (χ3n) is 3.52. The van der Waals surface area contributed by atoms with Crippen molar-refractivity contribution in [2.45, 2.75) is 39.0 Å². The fourth-order valence-corrected chi connectivity index (χ4v) is 2.68. The first-order valence-electron chi connectivity index (χ1n) is 6.99. The van der Waals surface area contributed by atoms with Gasteiger partial charge in [0.25, 0.3) is 11.4 Å². The monoisotopic (exact) mass is 297 g/mol. The molecule has 0 fully saturated rings. The molecule has 0 aromatic heterocycles. The Morgan fingerprint density at radius 2 is 1.38 bits per heavy atom. The summed E-state index contributed by atoms with van der Waals surface area (Å²) in [5, 5.41) is 25.5. The summed E-state index contributed by atoms with van der Waals surface area (Å²) in [5.41, 5.74) is 0.0404. The zero-order chi connectivity index (χ0) is 15.6. The van der Waals surface area contributed by atoms with Gasteiger partial charge in [0.15, 0.2) is 12.3 Å². The third kappa shape index (κ3) is 2.82. The molecule has 0 unspecified atom stereocenters. The van der Waals surface area contributed by atoms with Crippen LogP contribution in [-0.4, -0.2) is 45.1 Å². The van der Waals surface area contributed by atoms with Gasteiger partial charge in [0, 0.05) is 13.1 Å². The van der Waals surface area contributed by atoms with Crippen LogP contribution in [0.15, 0.2) is 23.8 Å². The number of nitro groups is 2. The minimum atomic E-state index is -0.623. The highest BCUT2D eigenvalue weighted by molar-refractivity contribution is 5.19. The molecule has 0 spiro atoms. The van der Waals surface area contributed by atoms with Gasteiger partial charge < -0.3 is 9.80 Å². The van der Waals surface area contributed by atoms with E-state index in [1.54, 1.807) is 9.80 Å². The maximum Gasteiger partial charge on any atom is 0.298 e. The van der Waals surface area contributed by atoms with Crippen LogP contribution in [-0.2, 0) is 0 Å². The van der Waals surface area contributed by atoms with Crippen molar-refractivity contribution < 1.29 is 9.85 Å². The normalized spacial score (nSPS) is 24.5. The maximum atomic E-state index is 11.3. The van der Waals surface area contributed by atoms with Gasteiger partial charge in [-0.05, 0) is 12.8 Å². The molecule has 0 saturated heterocycles. The molecule has 2 atom stereocenters. The molecule has 2 rings (SSSR count). The number of fused-ring (bicyclic) bond motifs is 2. The molecule has 116 valence electrons. The highest BCUT2D eigenvalue weighted by Crippen LogP contribution is 2.27. The van der Waals surface area contributed by atoms with Gasteiger partial charge in [0.2, 0.25) is 0 Å². The van der Waals surface area contributed by atoms with Crippen molar-refractivity contribution in [2.24, 2.45) is 0 Å². The SMILES string of the molecule is CCCN1C=C([N+](=O)[O-])[C@@H]2N[C@H]1C([N+](=O)[O-])=CN2CCC. The first kappa shape index (κ1) is 15.2. The van der Waals surface area contributed by atoms with E-state index in [2.05, 4.69) is 5.32 Å². The van der Waals surface area contributed by atoms with Crippen LogP contribution in [0.1, 0.15) is 26.7 Å². The first-order valence-corrected chi connectivity index (χ1v) is 6.99. The fourth-order valence-electron chi connectivity index (χ4n) is 2.68. The lowest BCUT2D eigenvalue weighted by Gasteiger charge is -2.42. The number of nitrogens with one attached hydrogen (secondary N) is 1. The van der Waals surface area contributed by atoms with E-state index in [1.165, 1.54) is 12.4 Å². The van der Waals surface area contributed by atoms with Gasteiger partial charge in [-0.25, -0.2) is 0 Å². The van der Waals surface area contributed by atoms with Gasteiger partial charge in [-0.15, -0.1) is 0 Å². The molecule has 2 aliphatic rings. The third-order valence-corrected chi connectivity index (χ3v) is 3.52. The Hall–Kier alpha value is -2.16. The second-order valence-electron chi connectivity index (χ2n) is 5.07. The van der Waals surface area contributed by atoms with Crippen LogP contribution in [0, 0.1) is 20.2 Å². The molecule has 9 nitrogen and oxygen atoms in total. The fraction of sp³-hybridized carbons (Fsp3) is 0.667. The van der Waals surface area contributed by atoms with Gasteiger partial charge in [-0.1, -0.05) is 13.8 Å². The topological polar surface area (TPSA) is 105 Å². The molecule has 0 aromatic carbocycles. The van der Waals surface area contributed by atoms with Crippen molar-refractivity contribution in [1.29, 1.82) is 0 Å². The van der Waals surface area contributed by atoms with Gasteiger partial charge in [-0.3, -0.25) is 25.5 Å². The van der Waals surface area contributed by atoms with Crippen LogP contribution in [0.2, 0.25) is 0 Å². The van der Waals surface area contributed by atoms with Crippen molar-refractivity contribution in [3.05, 3.63) is 44.0 Å². The molecule has 2 bridgehead atoms. The van der Waals surface area contributed by atoms with E-state index in [9.17, 15) is 20.2 Å². The summed E-state index contributed by atoms with van der Waals surface area (Å²) in [4.78, 5) is 24.9. The number of nitrogens with zero attached hydrogens (tertiary/aromatic N) is 4. The number of hydrogen-bond acceptors (Lipinski definition) is 7. The standard InChI is InChI=1S/C12H19N5O4/c1-3-5-14-7-9(16(18)19)12-13-11(14)10(17(20)21)8-15(12)6-4-2/h7-8,11-13H,3-6H2,1-2H3/t11-,12-/m1/s1. The van der Waals surface area contributed by atoms with Gasteiger partial charge in [-0.2, -0.15) is 0 Å². The molecule has 2 heterocycles. The summed E-state index contributed by atoms with van der Waals surface area (Å²) in [6.07, 6.45) is 3.12. The van der Waals surface area contributed by atoms with Gasteiger partial charge in [0.05, 0.1) is 22.2 Å². The van der Waals surface area contributed by atoms with Crippen molar-refractivity contribution >= 4 is 0 Å². The van der Waals surface area contributed by atoms with E-state index in [0.29, 0.717) is 13.1 Å². The van der Waals surface area contributed by atoms with E-state index in [0.717, 1.165) is 12.8 Å². The first-order chi connectivity index (χ1) is 9.99. The van der Waals surface area contributed by atoms with Crippen LogP contribution in [0.25, 0.3) is 0 Å². The molecule has 21 heavy (non-hydrogen) atoms. The largest absolute Gasteiger partial charge is 0.347 e. The summed E-state index contributed by atoms with van der Waals surface area (Å²) in [5.74, 6) is 0. The molecule has 0 amide bonds. The molecule has 0 aromatic rings. The highest BCUT2D eigenvalue weighted by Gasteiger charge is 2.46. The number of rotatable bonds is 6. The highest BCUT2D eigenvalue weighted by atomic mass is 16.6. The van der Waals surface area contributed by atoms with Crippen molar-refractivity contribution in [3.63, 3.8) is 0 Å². The van der Waals surface area contributed by atoms with E-state index < -0.39 is 22.2 Å². The predicted molar refractivity (Wildman–Crippen MR) is 74.9 cm³/mol. The van der Waals surface area contributed by atoms with Crippen LogP contribution in [0.4, 0.5) is 0 Å². The molecular weight excluding hydrogens is 278 g/mol. The second-order valence-corrected chi connectivity index (χ2v) is 5.07. The minimum Gasteiger partial charge on any atom is -0.347 e. The lowest BCUT2D eigenvalue weighted by atomic mass is 10.1. The molecular formula is C12H19N5O4. The molecule has 9 heteroatoms. The Balaban J connectivity index is 2.42. The predicted octanol–water partition coefficient (Wildman–Crippen LogP) is 0.916. The summed E-state index contributed by atoms with van der Waals surface area (Å²) in [6, 6.07) is 0. The molecule has 1 N–H and O–H groups in total. The summed E-state index contributed by atoms with van der Waals surface area (Å²) < 4.78 is 0. The lowest BCUT2D eigenvalue weighted by Crippen LogP contribution is -2.63. The van der Waals surface area contributed by atoms with E-state index in [-0.39, 0.29) is 11.4 Å². The summed E-state index contributed by atoms with van der Waals surface area (Å²) in [7, 11) is 0. The summed E-state index contributed by atoms with van der Waals surface area (Å²) >= 11 is 0. The molecule has 0 radical (unpaired) electrons. The van der Waals surface area contributed by atoms with Crippen molar-refractivity contribution in [3.8, 4) is 0 Å². The Morgan fingerprint density at radius 3 is 1.67 bits per heavy atom. The quantitative estimate of drug-likeness (QED) is 0.574. The van der Waals surface area contributed by atoms with Crippen LogP contribution >= 0.6 is 0 Å². The zero-order valence-corrected chi connectivity index (χ0v) is 12.1. The van der Waals surface area contributed by atoms with Crippen molar-refractivity contribution in [2.75, 3.05) is 13.1 Å². The minimum absolute atomic E-state index is 0.0202. The van der Waals surface area contributed by atoms with Gasteiger partial charge >= 0.3 is 0 Å². The lowest BCUT2D eigenvalue weighted by molar-refractivity contribution is -0.450.